The van der Waals surface area contributed by atoms with Crippen LogP contribution in [0.3, 0.4) is 0 Å². The average molecular weight is 368 g/mol. The van der Waals surface area contributed by atoms with E-state index in [1.165, 1.54) is 14.2 Å². The second-order valence-corrected chi connectivity index (χ2v) is 5.82. The van der Waals surface area contributed by atoms with Gasteiger partial charge in [-0.1, -0.05) is 6.08 Å². The number of rotatable bonds is 6. The third-order valence-corrected chi connectivity index (χ3v) is 4.09. The number of ether oxygens (including phenoxy) is 3. The molecule has 0 aromatic heterocycles. The van der Waals surface area contributed by atoms with Gasteiger partial charge in [-0.05, 0) is 30.3 Å². The first-order chi connectivity index (χ1) is 13.0. The Hall–Kier alpha value is -3.48. The summed E-state index contributed by atoms with van der Waals surface area (Å²) in [6.45, 7) is 4.02. The molecule has 0 unspecified atom stereocenters. The lowest BCUT2D eigenvalue weighted by Crippen LogP contribution is -2.38. The van der Waals surface area contributed by atoms with E-state index in [9.17, 15) is 9.59 Å². The molecular weight excluding hydrogens is 348 g/mol. The van der Waals surface area contributed by atoms with E-state index in [4.69, 9.17) is 14.2 Å². The first-order valence-corrected chi connectivity index (χ1v) is 8.28. The molecule has 0 aliphatic carbocycles. The number of hydrogen-bond acceptors (Lipinski definition) is 5. The van der Waals surface area contributed by atoms with E-state index in [0.717, 1.165) is 0 Å². The van der Waals surface area contributed by atoms with Crippen LogP contribution in [0.4, 0.5) is 11.4 Å². The molecule has 7 heteroatoms. The summed E-state index contributed by atoms with van der Waals surface area (Å²) in [5.74, 6) is 1.12. The molecule has 2 aromatic carbocycles. The zero-order valence-corrected chi connectivity index (χ0v) is 15.2. The quantitative estimate of drug-likeness (QED) is 0.794. The topological polar surface area (TPSA) is 77.1 Å². The highest BCUT2D eigenvalue weighted by Crippen LogP contribution is 2.34. The molecule has 7 nitrogen and oxygen atoms in total. The number of amides is 2. The Kier molecular flexibility index (Phi) is 5.30. The van der Waals surface area contributed by atoms with Gasteiger partial charge in [0, 0.05) is 23.9 Å². The highest BCUT2D eigenvalue weighted by Gasteiger charge is 2.25. The van der Waals surface area contributed by atoms with Gasteiger partial charge >= 0.3 is 0 Å². The molecule has 0 radical (unpaired) electrons. The fourth-order valence-corrected chi connectivity index (χ4v) is 2.75. The lowest BCUT2D eigenvalue weighted by atomic mass is 10.1. The van der Waals surface area contributed by atoms with Crippen LogP contribution in [0.2, 0.25) is 0 Å². The molecule has 0 saturated heterocycles. The van der Waals surface area contributed by atoms with Gasteiger partial charge in [0.2, 0.25) is 0 Å². The summed E-state index contributed by atoms with van der Waals surface area (Å²) in [5, 5.41) is 2.82. The number of fused-ring (bicyclic) bond motifs is 1. The molecule has 2 amide bonds. The third-order valence-electron chi connectivity index (χ3n) is 4.09. The van der Waals surface area contributed by atoms with Crippen molar-refractivity contribution in [3.8, 4) is 17.2 Å². The maximum absolute atomic E-state index is 12.6. The lowest BCUT2D eigenvalue weighted by molar-refractivity contribution is -0.121. The maximum atomic E-state index is 12.6. The zero-order chi connectivity index (χ0) is 19.4. The van der Waals surface area contributed by atoms with Gasteiger partial charge in [0.15, 0.2) is 6.61 Å². The van der Waals surface area contributed by atoms with Gasteiger partial charge in [-0.15, -0.1) is 6.58 Å². The Morgan fingerprint density at radius 2 is 1.93 bits per heavy atom. The summed E-state index contributed by atoms with van der Waals surface area (Å²) in [7, 11) is 3.04. The highest BCUT2D eigenvalue weighted by molar-refractivity contribution is 6.06. The molecule has 1 aliphatic rings. The number of methoxy groups -OCH3 is 2. The normalized spacial score (nSPS) is 12.7. The van der Waals surface area contributed by atoms with Crippen LogP contribution in [-0.4, -0.2) is 39.2 Å². The minimum atomic E-state index is -0.328. The van der Waals surface area contributed by atoms with Crippen molar-refractivity contribution < 1.29 is 23.8 Å². The van der Waals surface area contributed by atoms with E-state index in [0.29, 0.717) is 40.7 Å². The fourth-order valence-electron chi connectivity index (χ4n) is 2.75. The highest BCUT2D eigenvalue weighted by atomic mass is 16.5. The van der Waals surface area contributed by atoms with Crippen LogP contribution in [0.15, 0.2) is 49.1 Å². The third kappa shape index (κ3) is 3.87. The van der Waals surface area contributed by atoms with E-state index in [1.807, 2.05) is 0 Å². The van der Waals surface area contributed by atoms with Gasteiger partial charge in [-0.2, -0.15) is 0 Å². The maximum Gasteiger partial charge on any atom is 0.265 e. The molecule has 1 heterocycles. The molecule has 0 saturated carbocycles. The van der Waals surface area contributed by atoms with Crippen LogP contribution in [0.25, 0.3) is 0 Å². The van der Waals surface area contributed by atoms with E-state index in [1.54, 1.807) is 47.4 Å². The minimum absolute atomic E-state index is 0.0177. The molecule has 27 heavy (non-hydrogen) atoms. The van der Waals surface area contributed by atoms with Crippen LogP contribution < -0.4 is 24.4 Å². The average Bonchev–Trinajstić information content (AvgIpc) is 2.69. The van der Waals surface area contributed by atoms with Crippen molar-refractivity contribution in [2.75, 3.05) is 37.6 Å². The molecule has 2 aromatic rings. The fraction of sp³-hybridized carbons (Fsp3) is 0.200. The van der Waals surface area contributed by atoms with Gasteiger partial charge in [-0.3, -0.25) is 9.59 Å². The Bertz CT molecular complexity index is 872. The summed E-state index contributed by atoms with van der Waals surface area (Å²) < 4.78 is 15.8. The molecule has 0 spiro atoms. The molecular formula is C20H20N2O5. The molecule has 0 fully saturated rings. The first-order valence-electron chi connectivity index (χ1n) is 8.28. The second-order valence-electron chi connectivity index (χ2n) is 5.82. The van der Waals surface area contributed by atoms with Crippen LogP contribution in [0.1, 0.15) is 10.4 Å². The Balaban J connectivity index is 1.87. The summed E-state index contributed by atoms with van der Waals surface area (Å²) in [6.07, 6.45) is 1.64. The number of carbonyl (C=O) groups is 2. The Morgan fingerprint density at radius 1 is 1.22 bits per heavy atom. The van der Waals surface area contributed by atoms with Gasteiger partial charge in [0.1, 0.15) is 17.2 Å². The lowest BCUT2D eigenvalue weighted by Gasteiger charge is -2.28. The number of anilines is 2. The zero-order valence-electron chi connectivity index (χ0n) is 15.2. The van der Waals surface area contributed by atoms with E-state index in [2.05, 4.69) is 11.9 Å². The second kappa shape index (κ2) is 7.82. The van der Waals surface area contributed by atoms with Crippen LogP contribution >= 0.6 is 0 Å². The van der Waals surface area contributed by atoms with Crippen molar-refractivity contribution in [2.24, 2.45) is 0 Å². The van der Waals surface area contributed by atoms with E-state index in [-0.39, 0.29) is 18.4 Å². The standard InChI is InChI=1S/C20H20N2O5/c1-4-7-22-17-10-14(5-6-18(17)27-12-19(22)23)21-20(24)13-8-15(25-2)11-16(9-13)26-3/h4-6,8-11H,1,7,12H2,2-3H3,(H,21,24). The first kappa shape index (κ1) is 18.3. The number of nitrogens with zero attached hydrogens (tertiary/aromatic N) is 1. The molecule has 0 bridgehead atoms. The summed E-state index contributed by atoms with van der Waals surface area (Å²) in [4.78, 5) is 26.3. The smallest absolute Gasteiger partial charge is 0.265 e. The molecule has 140 valence electrons. The molecule has 3 rings (SSSR count). The van der Waals surface area contributed by atoms with Gasteiger partial charge in [0.25, 0.3) is 11.8 Å². The predicted molar refractivity (Wildman–Crippen MR) is 102 cm³/mol. The minimum Gasteiger partial charge on any atom is -0.497 e. The largest absolute Gasteiger partial charge is 0.497 e. The number of hydrogen-bond donors (Lipinski definition) is 1. The number of carbonyl (C=O) groups excluding carboxylic acids is 2. The van der Waals surface area contributed by atoms with Crippen LogP contribution in [0, 0.1) is 0 Å². The monoisotopic (exact) mass is 368 g/mol. The molecule has 0 atom stereocenters. The van der Waals surface area contributed by atoms with Crippen LogP contribution in [0.5, 0.6) is 17.2 Å². The Morgan fingerprint density at radius 3 is 2.56 bits per heavy atom. The van der Waals surface area contributed by atoms with Crippen molar-refractivity contribution in [3.05, 3.63) is 54.6 Å². The van der Waals surface area contributed by atoms with Crippen molar-refractivity contribution >= 4 is 23.2 Å². The van der Waals surface area contributed by atoms with Gasteiger partial charge in [-0.25, -0.2) is 0 Å². The predicted octanol–water partition coefficient (Wildman–Crippen LogP) is 2.87. The van der Waals surface area contributed by atoms with E-state index < -0.39 is 0 Å². The summed E-state index contributed by atoms with van der Waals surface area (Å²) >= 11 is 0. The summed E-state index contributed by atoms with van der Waals surface area (Å²) in [6, 6.07) is 10.1. The number of nitrogens with one attached hydrogen (secondary N) is 1. The van der Waals surface area contributed by atoms with E-state index >= 15 is 0 Å². The van der Waals surface area contributed by atoms with Crippen LogP contribution in [-0.2, 0) is 4.79 Å². The van der Waals surface area contributed by atoms with Crippen molar-refractivity contribution in [1.29, 1.82) is 0 Å². The summed E-state index contributed by atoms with van der Waals surface area (Å²) in [5.41, 5.74) is 1.51. The SMILES string of the molecule is C=CCN1C(=O)COc2ccc(NC(=O)c3cc(OC)cc(OC)c3)cc21. The van der Waals surface area contributed by atoms with Crippen molar-refractivity contribution in [2.45, 2.75) is 0 Å². The molecule has 1 N–H and O–H groups in total. The van der Waals surface area contributed by atoms with Gasteiger partial charge in [0.05, 0.1) is 19.9 Å². The van der Waals surface area contributed by atoms with Gasteiger partial charge < -0.3 is 24.4 Å². The van der Waals surface area contributed by atoms with Crippen molar-refractivity contribution in [3.63, 3.8) is 0 Å². The molecule has 1 aliphatic heterocycles. The Labute approximate surface area is 157 Å². The van der Waals surface area contributed by atoms with Crippen molar-refractivity contribution in [1.82, 2.24) is 0 Å². The number of benzene rings is 2.